The summed E-state index contributed by atoms with van der Waals surface area (Å²) < 4.78 is 0. The number of anilines is 1. The van der Waals surface area contributed by atoms with Crippen LogP contribution in [0.25, 0.3) is 10.8 Å². The van der Waals surface area contributed by atoms with Gasteiger partial charge >= 0.3 is 0 Å². The van der Waals surface area contributed by atoms with E-state index < -0.39 is 29.4 Å². The molecule has 1 spiro atoms. The summed E-state index contributed by atoms with van der Waals surface area (Å²) in [6.45, 7) is 0. The molecule has 2 saturated heterocycles. The van der Waals surface area contributed by atoms with Crippen molar-refractivity contribution in [1.29, 1.82) is 0 Å². The van der Waals surface area contributed by atoms with E-state index in [9.17, 15) is 14.4 Å². The minimum absolute atomic E-state index is 0.304. The van der Waals surface area contributed by atoms with Gasteiger partial charge in [-0.15, -0.1) is 0 Å². The third-order valence-electron chi connectivity index (χ3n) is 8.38. The minimum Gasteiger partial charge on any atom is -0.311 e. The van der Waals surface area contributed by atoms with Crippen LogP contribution in [0.1, 0.15) is 22.7 Å². The van der Waals surface area contributed by atoms with Gasteiger partial charge in [0.05, 0.1) is 23.2 Å². The second-order valence-corrected chi connectivity index (χ2v) is 10.4. The molecule has 0 bridgehead atoms. The highest BCUT2D eigenvalue weighted by atomic mass is 16.2. The third-order valence-corrected chi connectivity index (χ3v) is 8.38. The van der Waals surface area contributed by atoms with Gasteiger partial charge in [0.2, 0.25) is 17.5 Å². The van der Waals surface area contributed by atoms with Gasteiger partial charge in [-0.3, -0.25) is 29.6 Å². The molecule has 4 unspecified atom stereocenters. The van der Waals surface area contributed by atoms with E-state index in [2.05, 4.69) is 5.32 Å². The number of amides is 3. The molecule has 7 nitrogen and oxygen atoms in total. The maximum absolute atomic E-state index is 14.5. The Hall–Kier alpha value is -4.62. The van der Waals surface area contributed by atoms with Crippen LogP contribution in [0.3, 0.4) is 0 Å². The van der Waals surface area contributed by atoms with Crippen LogP contribution in [0.4, 0.5) is 5.69 Å². The summed E-state index contributed by atoms with van der Waals surface area (Å²) in [5.41, 5.74) is 2.07. The fraction of sp³-hybridized carbons (Fsp3) is 0.188. The van der Waals surface area contributed by atoms with Gasteiger partial charge in [0, 0.05) is 31.3 Å². The van der Waals surface area contributed by atoms with E-state index in [0.717, 1.165) is 32.4 Å². The molecule has 3 heterocycles. The molecule has 7 heteroatoms. The van der Waals surface area contributed by atoms with E-state index in [0.29, 0.717) is 11.4 Å². The number of fused-ring (bicyclic) bond motifs is 4. The highest BCUT2D eigenvalue weighted by Crippen LogP contribution is 2.51. The topological polar surface area (TPSA) is 82.1 Å². The van der Waals surface area contributed by atoms with E-state index in [-0.39, 0.29) is 11.8 Å². The van der Waals surface area contributed by atoms with Crippen molar-refractivity contribution in [3.8, 4) is 0 Å². The average molecular weight is 515 g/mol. The molecule has 39 heavy (non-hydrogen) atoms. The fourth-order valence-corrected chi connectivity index (χ4v) is 6.45. The van der Waals surface area contributed by atoms with Crippen molar-refractivity contribution in [3.05, 3.63) is 114 Å². The minimum atomic E-state index is -1.67. The fourth-order valence-electron chi connectivity index (χ4n) is 6.45. The number of hydrogen-bond acceptors (Lipinski definition) is 5. The molecular weight excluding hydrogens is 488 g/mol. The summed E-state index contributed by atoms with van der Waals surface area (Å²) in [6.07, 6.45) is 0. The Kier molecular flexibility index (Phi) is 5.09. The summed E-state index contributed by atoms with van der Waals surface area (Å²) in [4.78, 5) is 49.7. The van der Waals surface area contributed by atoms with Crippen LogP contribution in [0.15, 0.2) is 102 Å². The van der Waals surface area contributed by atoms with Crippen molar-refractivity contribution in [2.75, 3.05) is 19.0 Å². The number of imide groups is 1. The Morgan fingerprint density at radius 1 is 0.744 bits per heavy atom. The van der Waals surface area contributed by atoms with Crippen molar-refractivity contribution < 1.29 is 14.4 Å². The van der Waals surface area contributed by atoms with Crippen LogP contribution >= 0.6 is 0 Å². The maximum atomic E-state index is 14.5. The molecule has 1 N–H and O–H groups in total. The van der Waals surface area contributed by atoms with Gasteiger partial charge in [0.25, 0.3) is 5.91 Å². The van der Waals surface area contributed by atoms with Crippen molar-refractivity contribution >= 4 is 39.9 Å². The van der Waals surface area contributed by atoms with Gasteiger partial charge in [-0.1, -0.05) is 84.9 Å². The van der Waals surface area contributed by atoms with Gasteiger partial charge in [0.15, 0.2) is 0 Å². The first kappa shape index (κ1) is 23.5. The molecule has 3 aliphatic rings. The first-order valence-corrected chi connectivity index (χ1v) is 13.0. The Morgan fingerprint density at radius 3 is 2.23 bits per heavy atom. The number of nitrogens with one attached hydrogen (secondary N) is 1. The van der Waals surface area contributed by atoms with E-state index in [1.807, 2.05) is 97.1 Å². The number of carbonyl (C=O) groups excluding carboxylic acids is 3. The molecule has 3 aliphatic heterocycles. The normalized spacial score (nSPS) is 26.2. The molecule has 0 aromatic heterocycles. The number of likely N-dealkylation sites (tertiary alicyclic amines) is 1. The van der Waals surface area contributed by atoms with E-state index in [1.54, 1.807) is 11.9 Å². The Morgan fingerprint density at radius 2 is 1.44 bits per heavy atom. The second kappa shape index (κ2) is 8.44. The molecule has 4 aromatic carbocycles. The lowest BCUT2D eigenvalue weighted by atomic mass is 9.83. The van der Waals surface area contributed by atoms with Gasteiger partial charge < -0.3 is 4.90 Å². The number of rotatable bonds is 2. The maximum Gasteiger partial charge on any atom is 0.270 e. The number of carbonyl (C=O) groups is 3. The number of benzene rings is 4. The lowest BCUT2D eigenvalue weighted by molar-refractivity contribution is -0.141. The number of nitrogens with zero attached hydrogens (tertiary/aromatic N) is 3. The van der Waals surface area contributed by atoms with Crippen molar-refractivity contribution in [2.24, 2.45) is 16.8 Å². The molecule has 192 valence electrons. The third kappa shape index (κ3) is 3.26. The lowest BCUT2D eigenvalue weighted by Crippen LogP contribution is -2.58. The molecule has 0 radical (unpaired) electrons. The van der Waals surface area contributed by atoms with E-state index in [1.165, 1.54) is 7.05 Å². The number of likely N-dealkylation sites (N-methyl/N-ethyl adjacent to an activating group) is 1. The summed E-state index contributed by atoms with van der Waals surface area (Å²) >= 11 is 0. The van der Waals surface area contributed by atoms with Gasteiger partial charge in [-0.25, -0.2) is 0 Å². The number of aliphatic imine (C=N–C) groups is 1. The van der Waals surface area contributed by atoms with Crippen LogP contribution in [0, 0.1) is 11.8 Å². The zero-order valence-corrected chi connectivity index (χ0v) is 21.5. The highest BCUT2D eigenvalue weighted by Gasteiger charge is 2.69. The summed E-state index contributed by atoms with van der Waals surface area (Å²) in [5.74, 6) is -2.83. The molecular formula is C32H26N4O3. The van der Waals surface area contributed by atoms with Crippen molar-refractivity contribution in [3.63, 3.8) is 0 Å². The van der Waals surface area contributed by atoms with Gasteiger partial charge in [-0.2, -0.15) is 0 Å². The summed E-state index contributed by atoms with van der Waals surface area (Å²) in [6, 6.07) is 30.7. The predicted octanol–water partition coefficient (Wildman–Crippen LogP) is 3.93. The first-order valence-electron chi connectivity index (χ1n) is 13.0. The highest BCUT2D eigenvalue weighted by molar-refractivity contribution is 6.22. The first-order chi connectivity index (χ1) is 18.9. The molecule has 0 aliphatic carbocycles. The number of para-hydroxylation sites is 1. The van der Waals surface area contributed by atoms with Crippen LogP contribution in [-0.4, -0.2) is 48.1 Å². The Labute approximate surface area is 225 Å². The van der Waals surface area contributed by atoms with Crippen LogP contribution in [-0.2, 0) is 14.4 Å². The predicted molar refractivity (Wildman–Crippen MR) is 149 cm³/mol. The molecule has 2 fully saturated rings. The zero-order chi connectivity index (χ0) is 26.9. The van der Waals surface area contributed by atoms with Crippen LogP contribution < -0.4 is 10.2 Å². The van der Waals surface area contributed by atoms with Crippen molar-refractivity contribution in [1.82, 2.24) is 10.2 Å². The summed E-state index contributed by atoms with van der Waals surface area (Å²) in [5, 5.41) is 5.57. The van der Waals surface area contributed by atoms with Gasteiger partial charge in [0.1, 0.15) is 0 Å². The quantitative estimate of drug-likeness (QED) is 0.411. The largest absolute Gasteiger partial charge is 0.311 e. The lowest BCUT2D eigenvalue weighted by Gasteiger charge is -2.32. The van der Waals surface area contributed by atoms with Crippen molar-refractivity contribution in [2.45, 2.75) is 11.7 Å². The van der Waals surface area contributed by atoms with E-state index >= 15 is 0 Å². The second-order valence-electron chi connectivity index (χ2n) is 10.4. The average Bonchev–Trinajstić information content (AvgIpc) is 3.41. The Bertz CT molecular complexity index is 1720. The van der Waals surface area contributed by atoms with E-state index in [4.69, 9.17) is 4.99 Å². The van der Waals surface area contributed by atoms with Gasteiger partial charge in [-0.05, 0) is 28.5 Å². The molecule has 4 aromatic rings. The zero-order valence-electron chi connectivity index (χ0n) is 21.5. The monoisotopic (exact) mass is 514 g/mol. The number of hydrogen-bond donors (Lipinski definition) is 1. The molecule has 0 saturated carbocycles. The Balaban J connectivity index is 1.48. The molecule has 3 amide bonds. The standard InChI is InChI=1S/C32H26N4O3/c1-35-24-15-9-8-14-23(24)27(20-11-4-3-5-12-20)33-32(31(35)39)26-25(29(37)36(2)30(26)38)28(34-32)22-17-16-19-10-6-7-13-21(19)18-22/h3-18,25-26,28,34H,1-2H3. The summed E-state index contributed by atoms with van der Waals surface area (Å²) in [7, 11) is 3.20. The molecule has 7 rings (SSSR count). The van der Waals surface area contributed by atoms with Crippen LogP contribution in [0.2, 0.25) is 0 Å². The molecule has 4 atom stereocenters. The van der Waals surface area contributed by atoms with Crippen LogP contribution in [0.5, 0.6) is 0 Å². The SMILES string of the molecule is CN1C(=O)C2C(c3ccc4ccccc4c3)NC3(N=C(c4ccccc4)c4ccccc4N(C)C3=O)C2C1=O. The smallest absolute Gasteiger partial charge is 0.270 e.